The topological polar surface area (TPSA) is 170 Å². The van der Waals surface area contributed by atoms with Gasteiger partial charge in [-0.25, -0.2) is 19.2 Å². The number of methoxy groups -OCH3 is 2. The zero-order chi connectivity index (χ0) is 33.0. The Morgan fingerprint density at radius 3 is 1.23 bits per heavy atom. The molecule has 2 saturated heterocycles. The zero-order valence-electron chi connectivity index (χ0n) is 26.4. The minimum Gasteiger partial charge on any atom is -0.467 e. The molecule has 44 heavy (non-hydrogen) atoms. The van der Waals surface area contributed by atoms with E-state index in [1.54, 1.807) is 41.5 Å². The van der Waals surface area contributed by atoms with Crippen LogP contribution in [0.25, 0.3) is 0 Å². The number of esters is 2. The molecule has 4 amide bonds. The molecule has 1 aromatic rings. The molecule has 14 nitrogen and oxygen atoms in total. The first-order valence-electron chi connectivity index (χ1n) is 14.3. The molecule has 4 unspecified atom stereocenters. The minimum absolute atomic E-state index is 0.0508. The third-order valence-electron chi connectivity index (χ3n) is 6.88. The summed E-state index contributed by atoms with van der Waals surface area (Å²) in [5, 5.41) is 5.64. The first kappa shape index (κ1) is 34.1. The average molecular weight is 619 g/mol. The van der Waals surface area contributed by atoms with Crippen LogP contribution in [0, 0.1) is 0 Å². The van der Waals surface area contributed by atoms with E-state index >= 15 is 0 Å². The fourth-order valence-corrected chi connectivity index (χ4v) is 4.96. The van der Waals surface area contributed by atoms with Gasteiger partial charge in [-0.1, -0.05) is 0 Å². The van der Waals surface area contributed by atoms with Crippen molar-refractivity contribution in [2.45, 2.75) is 89.8 Å². The fraction of sp³-hybridized carbons (Fsp3) is 0.600. The van der Waals surface area contributed by atoms with Crippen LogP contribution in [0.5, 0.6) is 0 Å². The van der Waals surface area contributed by atoms with Gasteiger partial charge in [0.2, 0.25) is 0 Å². The molecule has 3 rings (SSSR count). The normalized spacial score (nSPS) is 21.7. The van der Waals surface area contributed by atoms with E-state index in [0.717, 1.165) is 0 Å². The summed E-state index contributed by atoms with van der Waals surface area (Å²) >= 11 is 0. The lowest BCUT2D eigenvalue weighted by Crippen LogP contribution is -2.44. The van der Waals surface area contributed by atoms with Crippen molar-refractivity contribution in [3.8, 4) is 0 Å². The van der Waals surface area contributed by atoms with Gasteiger partial charge in [0.1, 0.15) is 23.3 Å². The highest BCUT2D eigenvalue weighted by atomic mass is 16.6. The molecule has 14 heteroatoms. The summed E-state index contributed by atoms with van der Waals surface area (Å²) in [5.41, 5.74) is -1.03. The summed E-state index contributed by atoms with van der Waals surface area (Å²) in [6.45, 7) is 10.4. The molecular weight excluding hydrogens is 576 g/mol. The Hall–Kier alpha value is -4.36. The molecule has 4 atom stereocenters. The van der Waals surface area contributed by atoms with Crippen molar-refractivity contribution in [3.63, 3.8) is 0 Å². The molecule has 0 aromatic heterocycles. The molecule has 2 fully saturated rings. The highest BCUT2D eigenvalue weighted by Crippen LogP contribution is 2.24. The van der Waals surface area contributed by atoms with Crippen LogP contribution in [0.3, 0.4) is 0 Å². The largest absolute Gasteiger partial charge is 0.467 e. The van der Waals surface area contributed by atoms with E-state index in [-0.39, 0.29) is 37.1 Å². The van der Waals surface area contributed by atoms with Crippen LogP contribution in [-0.4, -0.2) is 108 Å². The van der Waals surface area contributed by atoms with Gasteiger partial charge < -0.3 is 29.6 Å². The number of rotatable bonds is 6. The number of amides is 4. The second kappa shape index (κ2) is 13.5. The number of carbonyl (C=O) groups excluding carboxylic acids is 6. The summed E-state index contributed by atoms with van der Waals surface area (Å²) in [5.74, 6) is -2.14. The smallest absolute Gasteiger partial charge is 0.411 e. The zero-order valence-corrected chi connectivity index (χ0v) is 26.4. The SMILES string of the molecule is COC(=O)C1CC(NC(=O)c2ccc(C(=O)NC3CC(C(=O)OC)N(C(=O)OC(C)(C)C)C3)cc2)CN1C(=O)OC(C)(C)C. The summed E-state index contributed by atoms with van der Waals surface area (Å²) in [6, 6.07) is 2.99. The van der Waals surface area contributed by atoms with Crippen LogP contribution in [0.4, 0.5) is 9.59 Å². The number of benzene rings is 1. The molecule has 0 bridgehead atoms. The van der Waals surface area contributed by atoms with Crippen molar-refractivity contribution in [2.24, 2.45) is 0 Å². The number of carbonyl (C=O) groups is 6. The van der Waals surface area contributed by atoms with Crippen LogP contribution in [0.1, 0.15) is 75.1 Å². The maximum atomic E-state index is 13.0. The molecule has 1 aromatic carbocycles. The number of ether oxygens (including phenoxy) is 4. The van der Waals surface area contributed by atoms with Gasteiger partial charge in [0.05, 0.1) is 14.2 Å². The lowest BCUT2D eigenvalue weighted by Gasteiger charge is -2.27. The number of nitrogens with zero attached hydrogens (tertiary/aromatic N) is 2. The second-order valence-corrected chi connectivity index (χ2v) is 12.7. The summed E-state index contributed by atoms with van der Waals surface area (Å²) < 4.78 is 20.5. The predicted octanol–water partition coefficient (Wildman–Crippen LogP) is 2.25. The highest BCUT2D eigenvalue weighted by molar-refractivity contribution is 5.98. The molecule has 2 aliphatic heterocycles. The Labute approximate surface area is 256 Å². The Morgan fingerprint density at radius 1 is 0.636 bits per heavy atom. The van der Waals surface area contributed by atoms with Crippen LogP contribution in [0.15, 0.2) is 24.3 Å². The Kier molecular flexibility index (Phi) is 10.5. The molecule has 0 aliphatic carbocycles. The third-order valence-corrected chi connectivity index (χ3v) is 6.88. The lowest BCUT2D eigenvalue weighted by atomic mass is 10.1. The van der Waals surface area contributed by atoms with Crippen LogP contribution >= 0.6 is 0 Å². The molecule has 0 saturated carbocycles. The van der Waals surface area contributed by atoms with E-state index in [0.29, 0.717) is 0 Å². The molecule has 2 heterocycles. The summed E-state index contributed by atoms with van der Waals surface area (Å²) in [4.78, 5) is 78.5. The average Bonchev–Trinajstić information content (AvgIpc) is 3.55. The maximum Gasteiger partial charge on any atom is 0.411 e. The second-order valence-electron chi connectivity index (χ2n) is 12.7. The number of likely N-dealkylation sites (tertiary alicyclic amines) is 2. The van der Waals surface area contributed by atoms with Gasteiger partial charge in [0.25, 0.3) is 11.8 Å². The van der Waals surface area contributed by atoms with Gasteiger partial charge in [-0.05, 0) is 65.8 Å². The summed E-state index contributed by atoms with van der Waals surface area (Å²) in [7, 11) is 2.45. The molecule has 0 spiro atoms. The highest BCUT2D eigenvalue weighted by Gasteiger charge is 2.44. The lowest BCUT2D eigenvalue weighted by molar-refractivity contribution is -0.146. The number of hydrogen-bond donors (Lipinski definition) is 2. The van der Waals surface area contributed by atoms with E-state index in [4.69, 9.17) is 18.9 Å². The van der Waals surface area contributed by atoms with Gasteiger partial charge in [0, 0.05) is 49.1 Å². The molecular formula is C30H42N4O10. The van der Waals surface area contributed by atoms with Crippen molar-refractivity contribution in [1.82, 2.24) is 20.4 Å². The van der Waals surface area contributed by atoms with Crippen molar-refractivity contribution in [3.05, 3.63) is 35.4 Å². The minimum atomic E-state index is -0.910. The predicted molar refractivity (Wildman–Crippen MR) is 156 cm³/mol. The van der Waals surface area contributed by atoms with Gasteiger partial charge in [-0.3, -0.25) is 19.4 Å². The van der Waals surface area contributed by atoms with Crippen LogP contribution in [0.2, 0.25) is 0 Å². The molecule has 242 valence electrons. The van der Waals surface area contributed by atoms with E-state index in [2.05, 4.69) is 10.6 Å². The van der Waals surface area contributed by atoms with Crippen molar-refractivity contribution >= 4 is 35.9 Å². The number of nitrogens with one attached hydrogen (secondary N) is 2. The van der Waals surface area contributed by atoms with Gasteiger partial charge in [0.15, 0.2) is 0 Å². The van der Waals surface area contributed by atoms with Gasteiger partial charge in [-0.2, -0.15) is 0 Å². The third kappa shape index (κ3) is 8.83. The summed E-state index contributed by atoms with van der Waals surface area (Å²) in [6.07, 6.45) is -1.08. The quantitative estimate of drug-likeness (QED) is 0.356. The van der Waals surface area contributed by atoms with E-state index in [1.807, 2.05) is 0 Å². The maximum absolute atomic E-state index is 13.0. The first-order chi connectivity index (χ1) is 20.4. The van der Waals surface area contributed by atoms with Crippen LogP contribution < -0.4 is 10.6 Å². The molecule has 2 aliphatic rings. The van der Waals surface area contributed by atoms with Crippen molar-refractivity contribution in [2.75, 3.05) is 27.3 Å². The van der Waals surface area contributed by atoms with Crippen LogP contribution in [-0.2, 0) is 28.5 Å². The molecule has 0 radical (unpaired) electrons. The van der Waals surface area contributed by atoms with E-state index < -0.39 is 71.3 Å². The Balaban J connectivity index is 1.62. The first-order valence-corrected chi connectivity index (χ1v) is 14.3. The van der Waals surface area contributed by atoms with Crippen molar-refractivity contribution in [1.29, 1.82) is 0 Å². The van der Waals surface area contributed by atoms with E-state index in [1.165, 1.54) is 48.3 Å². The standard InChI is InChI=1S/C30H42N4O10/c1-29(2,3)43-27(39)33-15-19(13-21(33)25(37)41-7)31-23(35)17-9-11-18(12-10-17)24(36)32-20-14-22(26(38)42-8)34(16-20)28(40)44-30(4,5)6/h9-12,19-22H,13-16H2,1-8H3,(H,31,35)(H,32,36). The van der Waals surface area contributed by atoms with Gasteiger partial charge in [-0.15, -0.1) is 0 Å². The monoisotopic (exact) mass is 618 g/mol. The van der Waals surface area contributed by atoms with Crippen molar-refractivity contribution < 1.29 is 47.7 Å². The fourth-order valence-electron chi connectivity index (χ4n) is 4.96. The Morgan fingerprint density at radius 2 is 0.955 bits per heavy atom. The number of hydrogen-bond acceptors (Lipinski definition) is 10. The Bertz CT molecular complexity index is 1170. The van der Waals surface area contributed by atoms with E-state index in [9.17, 15) is 28.8 Å². The molecule has 2 N–H and O–H groups in total. The van der Waals surface area contributed by atoms with Gasteiger partial charge >= 0.3 is 24.1 Å².